The van der Waals surface area contributed by atoms with E-state index in [1.54, 1.807) is 0 Å². The van der Waals surface area contributed by atoms with Gasteiger partial charge in [-0.05, 0) is 135 Å². The van der Waals surface area contributed by atoms with Gasteiger partial charge in [-0.1, -0.05) is 152 Å². The second kappa shape index (κ2) is 14.1. The summed E-state index contributed by atoms with van der Waals surface area (Å²) in [5.41, 5.74) is 20.5. The van der Waals surface area contributed by atoms with E-state index >= 15 is 0 Å². The van der Waals surface area contributed by atoms with E-state index in [0.717, 1.165) is 19.3 Å². The molecule has 47 heavy (non-hydrogen) atoms. The van der Waals surface area contributed by atoms with Crippen molar-refractivity contribution in [3.63, 3.8) is 0 Å². The Morgan fingerprint density at radius 2 is 1.17 bits per heavy atom. The first-order valence-electron chi connectivity index (χ1n) is 17.9. The minimum atomic E-state index is 0.0979. The summed E-state index contributed by atoms with van der Waals surface area (Å²) in [5, 5.41) is 0. The van der Waals surface area contributed by atoms with Crippen molar-refractivity contribution in [1.29, 1.82) is 0 Å². The summed E-state index contributed by atoms with van der Waals surface area (Å²) in [4.78, 5) is 0. The van der Waals surface area contributed by atoms with Crippen molar-refractivity contribution in [2.24, 2.45) is 0 Å². The zero-order valence-electron chi connectivity index (χ0n) is 30.9. The highest BCUT2D eigenvalue weighted by atomic mass is 14.3. The van der Waals surface area contributed by atoms with Crippen LogP contribution < -0.4 is 0 Å². The minimum Gasteiger partial charge on any atom is -0.0654 e. The number of hydrogen-bond donors (Lipinski definition) is 0. The molecule has 0 radical (unpaired) electrons. The molecule has 0 heteroatoms. The molecule has 0 aliphatic carbocycles. The Morgan fingerprint density at radius 3 is 1.72 bits per heavy atom. The van der Waals surface area contributed by atoms with E-state index in [1.807, 2.05) is 0 Å². The normalized spacial score (nSPS) is 11.9. The van der Waals surface area contributed by atoms with Crippen LogP contribution in [0.25, 0.3) is 44.5 Å². The van der Waals surface area contributed by atoms with Gasteiger partial charge in [0.2, 0.25) is 0 Å². The molecule has 0 nitrogen and oxygen atoms in total. The summed E-state index contributed by atoms with van der Waals surface area (Å²) in [7, 11) is 0. The Balaban J connectivity index is 2.02. The number of benzene rings is 5. The molecule has 244 valence electrons. The van der Waals surface area contributed by atoms with Crippen LogP contribution >= 0.6 is 0 Å². The van der Waals surface area contributed by atoms with Crippen molar-refractivity contribution in [2.45, 2.75) is 113 Å². The fourth-order valence-electron chi connectivity index (χ4n) is 7.40. The van der Waals surface area contributed by atoms with Crippen LogP contribution in [0.5, 0.6) is 0 Å². The zero-order valence-corrected chi connectivity index (χ0v) is 30.9. The van der Waals surface area contributed by atoms with E-state index in [0.29, 0.717) is 11.8 Å². The lowest BCUT2D eigenvalue weighted by Crippen LogP contribution is -2.10. The van der Waals surface area contributed by atoms with Gasteiger partial charge in [-0.15, -0.1) is 0 Å². The van der Waals surface area contributed by atoms with Crippen LogP contribution in [-0.4, -0.2) is 0 Å². The Hall–Kier alpha value is -3.90. The van der Waals surface area contributed by atoms with Crippen molar-refractivity contribution in [3.8, 4) is 44.5 Å². The fraction of sp³-hybridized carbons (Fsp3) is 0.362. The predicted molar refractivity (Wildman–Crippen MR) is 208 cm³/mol. The largest absolute Gasteiger partial charge is 0.0654 e. The third-order valence-electron chi connectivity index (χ3n) is 9.94. The Labute approximate surface area is 286 Å². The van der Waals surface area contributed by atoms with Gasteiger partial charge < -0.3 is 0 Å². The molecule has 0 saturated heterocycles. The van der Waals surface area contributed by atoms with Gasteiger partial charge in [0.1, 0.15) is 0 Å². The van der Waals surface area contributed by atoms with Crippen molar-refractivity contribution in [2.75, 3.05) is 0 Å². The van der Waals surface area contributed by atoms with Gasteiger partial charge in [-0.3, -0.25) is 0 Å². The summed E-state index contributed by atoms with van der Waals surface area (Å²) < 4.78 is 0. The Morgan fingerprint density at radius 1 is 0.574 bits per heavy atom. The smallest absolute Gasteiger partial charge is 0.00235 e. The molecule has 0 spiro atoms. The van der Waals surface area contributed by atoms with E-state index in [4.69, 9.17) is 0 Å². The van der Waals surface area contributed by atoms with Gasteiger partial charge in [0.15, 0.2) is 0 Å². The lowest BCUT2D eigenvalue weighted by atomic mass is 9.76. The number of hydrogen-bond acceptors (Lipinski definition) is 0. The fourth-order valence-corrected chi connectivity index (χ4v) is 7.40. The molecule has 0 aliphatic heterocycles. The monoisotopic (exact) mass is 620 g/mol. The summed E-state index contributed by atoms with van der Waals surface area (Å²) in [5.74, 6) is 0.895. The van der Waals surface area contributed by atoms with Gasteiger partial charge in [-0.2, -0.15) is 0 Å². The van der Waals surface area contributed by atoms with Crippen molar-refractivity contribution in [1.82, 2.24) is 0 Å². The van der Waals surface area contributed by atoms with Gasteiger partial charge >= 0.3 is 0 Å². The third kappa shape index (κ3) is 7.18. The summed E-state index contributed by atoms with van der Waals surface area (Å²) >= 11 is 0. The second-order valence-electron chi connectivity index (χ2n) is 15.4. The Kier molecular flexibility index (Phi) is 10.3. The van der Waals surface area contributed by atoms with Crippen LogP contribution in [0.3, 0.4) is 0 Å². The van der Waals surface area contributed by atoms with Crippen LogP contribution in [0.4, 0.5) is 0 Å². The lowest BCUT2D eigenvalue weighted by Gasteiger charge is -2.27. The average molecular weight is 621 g/mol. The van der Waals surface area contributed by atoms with Crippen LogP contribution in [0.1, 0.15) is 119 Å². The van der Waals surface area contributed by atoms with Crippen molar-refractivity contribution in [3.05, 3.63) is 130 Å². The summed E-state index contributed by atoms with van der Waals surface area (Å²) in [6.07, 6.45) is 3.35. The topological polar surface area (TPSA) is 0 Å². The summed E-state index contributed by atoms with van der Waals surface area (Å²) in [6, 6.07) is 35.3. The number of unbranched alkanes of at least 4 members (excludes halogenated alkanes) is 1. The molecule has 0 N–H and O–H groups in total. The Bertz CT molecular complexity index is 1810. The van der Waals surface area contributed by atoms with E-state index in [2.05, 4.69) is 167 Å². The number of rotatable bonds is 9. The zero-order chi connectivity index (χ0) is 34.0. The van der Waals surface area contributed by atoms with Gasteiger partial charge in [0.05, 0.1) is 0 Å². The van der Waals surface area contributed by atoms with Crippen LogP contribution in [0.15, 0.2) is 91.0 Å². The molecular weight excluding hydrogens is 565 g/mol. The molecule has 0 aromatic heterocycles. The minimum absolute atomic E-state index is 0.0979. The molecule has 0 atom stereocenters. The van der Waals surface area contributed by atoms with E-state index in [1.165, 1.54) is 83.5 Å². The SMILES string of the molecule is CCCCc1c(-c2c(C)cc(C)cc2C)cc(-c2ccc(C(C)(C)C)cc2)c(-c2ccc(C(C)C)cc2)c1-c1ccccc1C(C)C. The highest BCUT2D eigenvalue weighted by Crippen LogP contribution is 2.49. The van der Waals surface area contributed by atoms with Crippen LogP contribution in [0, 0.1) is 20.8 Å². The molecule has 0 saturated carbocycles. The second-order valence-corrected chi connectivity index (χ2v) is 15.4. The van der Waals surface area contributed by atoms with Crippen LogP contribution in [0.2, 0.25) is 0 Å². The van der Waals surface area contributed by atoms with Crippen molar-refractivity contribution < 1.29 is 0 Å². The van der Waals surface area contributed by atoms with Gasteiger partial charge in [0.25, 0.3) is 0 Å². The first kappa shape index (κ1) is 34.4. The maximum Gasteiger partial charge on any atom is -0.00235 e. The molecule has 5 aromatic carbocycles. The molecule has 5 rings (SSSR count). The predicted octanol–water partition coefficient (Wildman–Crippen LogP) is 14.2. The molecule has 0 fully saturated rings. The maximum atomic E-state index is 2.55. The molecule has 0 amide bonds. The van der Waals surface area contributed by atoms with E-state index in [-0.39, 0.29) is 5.41 Å². The molecule has 0 bridgehead atoms. The molecular formula is C47H56. The first-order chi connectivity index (χ1) is 22.3. The standard InChI is InChI=1S/C47H56/c1-12-13-16-41-43(44-33(7)27-32(6)28-34(44)8)29-42(36-23-25-38(26-24-36)47(9,10)11)45(37-21-19-35(20-22-37)30(2)3)46(41)40-18-15-14-17-39(40)31(4)5/h14-15,17-31H,12-13,16H2,1-11H3. The van der Waals surface area contributed by atoms with E-state index < -0.39 is 0 Å². The third-order valence-corrected chi connectivity index (χ3v) is 9.94. The van der Waals surface area contributed by atoms with Gasteiger partial charge in [0, 0.05) is 0 Å². The quantitative estimate of drug-likeness (QED) is 0.154. The number of aryl methyl sites for hydroxylation is 3. The highest BCUT2D eigenvalue weighted by Gasteiger charge is 2.26. The first-order valence-corrected chi connectivity index (χ1v) is 17.9. The highest BCUT2D eigenvalue weighted by molar-refractivity contribution is 6.01. The lowest BCUT2D eigenvalue weighted by molar-refractivity contribution is 0.590. The average Bonchev–Trinajstić information content (AvgIpc) is 3.02. The van der Waals surface area contributed by atoms with Crippen molar-refractivity contribution >= 4 is 0 Å². The van der Waals surface area contributed by atoms with Crippen LogP contribution in [-0.2, 0) is 11.8 Å². The molecule has 0 unspecified atom stereocenters. The molecule has 5 aromatic rings. The maximum absolute atomic E-state index is 2.55. The van der Waals surface area contributed by atoms with E-state index in [9.17, 15) is 0 Å². The molecule has 0 aliphatic rings. The molecule has 0 heterocycles. The summed E-state index contributed by atoms with van der Waals surface area (Å²) in [6.45, 7) is 25.3. The van der Waals surface area contributed by atoms with Gasteiger partial charge in [-0.25, -0.2) is 0 Å².